The second-order valence-corrected chi connectivity index (χ2v) is 6.64. The molecule has 6 nitrogen and oxygen atoms in total. The summed E-state index contributed by atoms with van der Waals surface area (Å²) in [6.45, 7) is 3.99. The van der Waals surface area contributed by atoms with Gasteiger partial charge in [-0.3, -0.25) is 4.79 Å². The van der Waals surface area contributed by atoms with Crippen LogP contribution in [0.2, 0.25) is 0 Å². The van der Waals surface area contributed by atoms with Gasteiger partial charge in [-0.15, -0.1) is 5.10 Å². The molecule has 7 heteroatoms. The number of aromatic nitrogens is 4. The van der Waals surface area contributed by atoms with Crippen LogP contribution in [0.1, 0.15) is 24.1 Å². The van der Waals surface area contributed by atoms with Crippen molar-refractivity contribution in [3.63, 3.8) is 0 Å². The zero-order valence-corrected chi connectivity index (χ0v) is 14.9. The van der Waals surface area contributed by atoms with E-state index in [4.69, 9.17) is 0 Å². The summed E-state index contributed by atoms with van der Waals surface area (Å²) < 4.78 is 1.64. The van der Waals surface area contributed by atoms with Gasteiger partial charge in [-0.05, 0) is 42.0 Å². The van der Waals surface area contributed by atoms with Crippen molar-refractivity contribution < 1.29 is 4.79 Å². The molecule has 1 amide bonds. The maximum atomic E-state index is 12.2. The number of thioether (sulfide) groups is 1. The number of rotatable bonds is 6. The molecule has 1 aromatic heterocycles. The highest BCUT2D eigenvalue weighted by Gasteiger charge is 2.13. The Morgan fingerprint density at radius 3 is 2.60 bits per heavy atom. The fourth-order valence-electron chi connectivity index (χ4n) is 2.36. The lowest BCUT2D eigenvalue weighted by molar-refractivity contribution is -0.119. The summed E-state index contributed by atoms with van der Waals surface area (Å²) in [7, 11) is 0. The third-order valence-electron chi connectivity index (χ3n) is 3.73. The fraction of sp³-hybridized carbons (Fsp3) is 0.222. The van der Waals surface area contributed by atoms with Crippen LogP contribution in [-0.2, 0) is 4.79 Å². The van der Waals surface area contributed by atoms with E-state index in [1.165, 1.54) is 17.3 Å². The Labute approximate surface area is 150 Å². The highest BCUT2D eigenvalue weighted by Crippen LogP contribution is 2.19. The molecule has 2 aromatic carbocycles. The zero-order valence-electron chi connectivity index (χ0n) is 14.1. The second-order valence-electron chi connectivity index (χ2n) is 5.70. The SMILES string of the molecule is Cc1ccc(-n2nnnc2SCC(=O)NC(C)c2ccccc2)cc1. The summed E-state index contributed by atoms with van der Waals surface area (Å²) in [6.07, 6.45) is 0. The Hall–Kier alpha value is -2.67. The Morgan fingerprint density at radius 1 is 1.16 bits per heavy atom. The number of benzene rings is 2. The summed E-state index contributed by atoms with van der Waals surface area (Å²) in [5, 5.41) is 15.3. The Morgan fingerprint density at radius 2 is 1.88 bits per heavy atom. The molecule has 1 N–H and O–H groups in total. The number of hydrogen-bond donors (Lipinski definition) is 1. The smallest absolute Gasteiger partial charge is 0.230 e. The lowest BCUT2D eigenvalue weighted by Gasteiger charge is -2.14. The normalized spacial score (nSPS) is 11.9. The molecule has 1 atom stereocenters. The molecule has 0 aliphatic rings. The number of amides is 1. The van der Waals surface area contributed by atoms with E-state index >= 15 is 0 Å². The lowest BCUT2D eigenvalue weighted by atomic mass is 10.1. The number of nitrogens with one attached hydrogen (secondary N) is 1. The van der Waals surface area contributed by atoms with Crippen molar-refractivity contribution in [3.8, 4) is 5.69 Å². The topological polar surface area (TPSA) is 72.7 Å². The fourth-order valence-corrected chi connectivity index (χ4v) is 3.06. The number of carbonyl (C=O) groups excluding carboxylic acids is 1. The molecular weight excluding hydrogens is 334 g/mol. The Balaban J connectivity index is 1.60. The second kappa shape index (κ2) is 7.94. The van der Waals surface area contributed by atoms with Gasteiger partial charge >= 0.3 is 0 Å². The quantitative estimate of drug-likeness (QED) is 0.690. The average Bonchev–Trinajstić information content (AvgIpc) is 3.10. The van der Waals surface area contributed by atoms with Crippen LogP contribution in [0.15, 0.2) is 59.8 Å². The van der Waals surface area contributed by atoms with Crippen LogP contribution in [0.4, 0.5) is 0 Å². The van der Waals surface area contributed by atoms with Crippen LogP contribution in [-0.4, -0.2) is 31.9 Å². The van der Waals surface area contributed by atoms with Gasteiger partial charge in [-0.25, -0.2) is 0 Å². The van der Waals surface area contributed by atoms with E-state index in [2.05, 4.69) is 20.8 Å². The highest BCUT2D eigenvalue weighted by molar-refractivity contribution is 7.99. The maximum absolute atomic E-state index is 12.2. The Bertz CT molecular complexity index is 832. The van der Waals surface area contributed by atoms with Crippen LogP contribution in [0, 0.1) is 6.92 Å². The van der Waals surface area contributed by atoms with Crippen LogP contribution in [0.25, 0.3) is 5.69 Å². The van der Waals surface area contributed by atoms with Gasteiger partial charge in [-0.2, -0.15) is 4.68 Å². The van der Waals surface area contributed by atoms with Gasteiger partial charge < -0.3 is 5.32 Å². The Kier molecular flexibility index (Phi) is 5.45. The van der Waals surface area contributed by atoms with Crippen molar-refractivity contribution in [2.24, 2.45) is 0 Å². The first-order chi connectivity index (χ1) is 12.1. The number of hydrogen-bond acceptors (Lipinski definition) is 5. The largest absolute Gasteiger partial charge is 0.349 e. The maximum Gasteiger partial charge on any atom is 0.230 e. The minimum absolute atomic E-state index is 0.0395. The van der Waals surface area contributed by atoms with Crippen LogP contribution in [0.3, 0.4) is 0 Å². The molecule has 0 aliphatic carbocycles. The summed E-state index contributed by atoms with van der Waals surface area (Å²) in [4.78, 5) is 12.2. The first-order valence-electron chi connectivity index (χ1n) is 7.96. The third kappa shape index (κ3) is 4.45. The van der Waals surface area contributed by atoms with Crippen molar-refractivity contribution in [2.75, 3.05) is 5.75 Å². The first kappa shape index (κ1) is 17.2. The molecule has 0 bridgehead atoms. The van der Waals surface area contributed by atoms with E-state index in [0.717, 1.165) is 11.3 Å². The zero-order chi connectivity index (χ0) is 17.6. The van der Waals surface area contributed by atoms with Crippen molar-refractivity contribution in [1.29, 1.82) is 0 Å². The molecule has 3 aromatic rings. The molecule has 0 saturated heterocycles. The van der Waals surface area contributed by atoms with E-state index in [9.17, 15) is 4.79 Å². The molecule has 3 rings (SSSR count). The van der Waals surface area contributed by atoms with E-state index < -0.39 is 0 Å². The molecule has 128 valence electrons. The van der Waals surface area contributed by atoms with Gasteiger partial charge in [0.15, 0.2) is 0 Å². The standard InChI is InChI=1S/C18H19N5OS/c1-13-8-10-16(11-9-13)23-18(20-21-22-23)25-12-17(24)19-14(2)15-6-4-3-5-7-15/h3-11,14H,12H2,1-2H3,(H,19,24). The van der Waals surface area contributed by atoms with Crippen molar-refractivity contribution in [1.82, 2.24) is 25.5 Å². The molecule has 0 aliphatic heterocycles. The summed E-state index contributed by atoms with van der Waals surface area (Å²) in [6, 6.07) is 17.7. The van der Waals surface area contributed by atoms with Crippen molar-refractivity contribution >= 4 is 17.7 Å². The summed E-state index contributed by atoms with van der Waals surface area (Å²) in [5.74, 6) is 0.198. The van der Waals surface area contributed by atoms with Crippen molar-refractivity contribution in [2.45, 2.75) is 25.0 Å². The minimum atomic E-state index is -0.0557. The third-order valence-corrected chi connectivity index (χ3v) is 4.65. The van der Waals surface area contributed by atoms with E-state index in [0.29, 0.717) is 5.16 Å². The van der Waals surface area contributed by atoms with E-state index in [1.54, 1.807) is 4.68 Å². The molecule has 25 heavy (non-hydrogen) atoms. The van der Waals surface area contributed by atoms with Crippen molar-refractivity contribution in [3.05, 3.63) is 65.7 Å². The average molecular weight is 353 g/mol. The molecule has 1 unspecified atom stereocenters. The van der Waals surface area contributed by atoms with Crippen LogP contribution < -0.4 is 5.32 Å². The minimum Gasteiger partial charge on any atom is -0.349 e. The van der Waals surface area contributed by atoms with Gasteiger partial charge in [0.25, 0.3) is 0 Å². The molecule has 0 fully saturated rings. The molecule has 0 spiro atoms. The molecule has 0 radical (unpaired) electrons. The molecular formula is C18H19N5OS. The predicted molar refractivity (Wildman–Crippen MR) is 97.6 cm³/mol. The van der Waals surface area contributed by atoms with Gasteiger partial charge in [0, 0.05) is 0 Å². The summed E-state index contributed by atoms with van der Waals surface area (Å²) in [5.41, 5.74) is 3.11. The van der Waals surface area contributed by atoms with E-state index in [-0.39, 0.29) is 17.7 Å². The number of tetrazole rings is 1. The van der Waals surface area contributed by atoms with Gasteiger partial charge in [0.1, 0.15) is 0 Å². The lowest BCUT2D eigenvalue weighted by Crippen LogP contribution is -2.28. The number of aryl methyl sites for hydroxylation is 1. The number of carbonyl (C=O) groups is 1. The highest BCUT2D eigenvalue weighted by atomic mass is 32.2. The van der Waals surface area contributed by atoms with E-state index in [1.807, 2.05) is 68.4 Å². The van der Waals surface area contributed by atoms with Crippen LogP contribution in [0.5, 0.6) is 0 Å². The molecule has 1 heterocycles. The van der Waals surface area contributed by atoms with Crippen LogP contribution >= 0.6 is 11.8 Å². The predicted octanol–water partition coefficient (Wildman–Crippen LogP) is 2.94. The van der Waals surface area contributed by atoms with Gasteiger partial charge in [0.05, 0.1) is 17.5 Å². The first-order valence-corrected chi connectivity index (χ1v) is 8.94. The molecule has 0 saturated carbocycles. The van der Waals surface area contributed by atoms with Gasteiger partial charge in [-0.1, -0.05) is 59.8 Å². The number of nitrogens with zero attached hydrogens (tertiary/aromatic N) is 4. The summed E-state index contributed by atoms with van der Waals surface area (Å²) >= 11 is 1.31. The monoisotopic (exact) mass is 353 g/mol. The van der Waals surface area contributed by atoms with Gasteiger partial charge in [0.2, 0.25) is 11.1 Å².